The van der Waals surface area contributed by atoms with Crippen molar-refractivity contribution in [3.05, 3.63) is 82.4 Å². The van der Waals surface area contributed by atoms with E-state index in [4.69, 9.17) is 0 Å². The second-order valence-electron chi connectivity index (χ2n) is 10.1. The van der Waals surface area contributed by atoms with E-state index in [2.05, 4.69) is 15.1 Å². The highest BCUT2D eigenvalue weighted by Gasteiger charge is 2.31. The van der Waals surface area contributed by atoms with Gasteiger partial charge in [-0.1, -0.05) is 39.0 Å². The van der Waals surface area contributed by atoms with Crippen molar-refractivity contribution in [1.29, 1.82) is 0 Å². The van der Waals surface area contributed by atoms with Crippen LogP contribution in [0.2, 0.25) is 0 Å². The average Bonchev–Trinajstić information content (AvgIpc) is 3.25. The van der Waals surface area contributed by atoms with Crippen LogP contribution in [0.3, 0.4) is 0 Å². The summed E-state index contributed by atoms with van der Waals surface area (Å²) >= 11 is 0. The maximum atomic E-state index is 14.5. The molecule has 1 aromatic heterocycles. The van der Waals surface area contributed by atoms with E-state index in [9.17, 15) is 30.8 Å². The van der Waals surface area contributed by atoms with Crippen LogP contribution in [0.1, 0.15) is 61.7 Å². The predicted molar refractivity (Wildman–Crippen MR) is 136 cm³/mol. The van der Waals surface area contributed by atoms with Crippen molar-refractivity contribution >= 4 is 15.9 Å². The number of aromatic nitrogens is 2. The fraction of sp³-hybridized carbons (Fsp3) is 0.385. The molecule has 3 aromatic rings. The SMILES string of the molecule is CC(C(=O)NCc1cc(C(C)(C)C)nn1-c1cccc(C(F)(F)F)c1)c1ccc(CNS(C)(=O)=O)c(F)c1. The smallest absolute Gasteiger partial charge is 0.350 e. The minimum Gasteiger partial charge on any atom is -0.350 e. The Morgan fingerprint density at radius 3 is 2.32 bits per heavy atom. The molecule has 2 N–H and O–H groups in total. The lowest BCUT2D eigenvalue weighted by Crippen LogP contribution is -2.28. The van der Waals surface area contributed by atoms with Crippen molar-refractivity contribution in [3.8, 4) is 5.69 Å². The van der Waals surface area contributed by atoms with Gasteiger partial charge in [0.2, 0.25) is 15.9 Å². The molecule has 0 spiro atoms. The maximum absolute atomic E-state index is 14.5. The highest BCUT2D eigenvalue weighted by molar-refractivity contribution is 7.88. The number of amides is 1. The van der Waals surface area contributed by atoms with Gasteiger partial charge in [0.25, 0.3) is 0 Å². The molecule has 1 amide bonds. The van der Waals surface area contributed by atoms with Crippen LogP contribution in [0.25, 0.3) is 5.69 Å². The predicted octanol–water partition coefficient (Wildman–Crippen LogP) is 4.80. The Labute approximate surface area is 219 Å². The van der Waals surface area contributed by atoms with Gasteiger partial charge in [0.15, 0.2) is 0 Å². The molecule has 7 nitrogen and oxygen atoms in total. The highest BCUT2D eigenvalue weighted by atomic mass is 32.2. The summed E-state index contributed by atoms with van der Waals surface area (Å²) < 4.78 is 80.5. The Hall–Kier alpha value is -3.25. The number of carbonyl (C=O) groups is 1. The van der Waals surface area contributed by atoms with E-state index in [1.807, 2.05) is 20.8 Å². The third-order valence-corrected chi connectivity index (χ3v) is 6.58. The fourth-order valence-corrected chi connectivity index (χ4v) is 4.03. The Balaban J connectivity index is 1.81. The van der Waals surface area contributed by atoms with E-state index in [0.717, 1.165) is 18.4 Å². The largest absolute Gasteiger partial charge is 0.416 e. The second kappa shape index (κ2) is 10.9. The number of hydrogen-bond acceptors (Lipinski definition) is 4. The number of nitrogens with one attached hydrogen (secondary N) is 2. The molecule has 0 radical (unpaired) electrons. The molecule has 1 unspecified atom stereocenters. The summed E-state index contributed by atoms with van der Waals surface area (Å²) in [5, 5.41) is 7.27. The number of nitrogens with zero attached hydrogens (tertiary/aromatic N) is 2. The summed E-state index contributed by atoms with van der Waals surface area (Å²) in [7, 11) is -3.50. The second-order valence-corrected chi connectivity index (χ2v) is 11.9. The number of hydrogen-bond donors (Lipinski definition) is 2. The summed E-state index contributed by atoms with van der Waals surface area (Å²) in [5.41, 5.74) is 0.605. The van der Waals surface area contributed by atoms with Crippen LogP contribution in [0.15, 0.2) is 48.5 Å². The number of rotatable bonds is 8. The zero-order valence-electron chi connectivity index (χ0n) is 21.6. The van der Waals surface area contributed by atoms with Gasteiger partial charge in [0.05, 0.1) is 41.4 Å². The number of halogens is 4. The molecular formula is C26H30F4N4O3S. The van der Waals surface area contributed by atoms with E-state index >= 15 is 0 Å². The molecule has 0 saturated heterocycles. The molecular weight excluding hydrogens is 524 g/mol. The van der Waals surface area contributed by atoms with E-state index in [1.54, 1.807) is 13.0 Å². The van der Waals surface area contributed by atoms with Gasteiger partial charge in [-0.15, -0.1) is 0 Å². The summed E-state index contributed by atoms with van der Waals surface area (Å²) in [6.45, 7) is 7.09. The molecule has 2 aromatic carbocycles. The van der Waals surface area contributed by atoms with Gasteiger partial charge in [-0.05, 0) is 42.8 Å². The Morgan fingerprint density at radius 2 is 1.74 bits per heavy atom. The Morgan fingerprint density at radius 1 is 1.05 bits per heavy atom. The molecule has 38 heavy (non-hydrogen) atoms. The normalized spacial score (nSPS) is 13.4. The van der Waals surface area contributed by atoms with Gasteiger partial charge >= 0.3 is 6.18 Å². The molecule has 1 heterocycles. The topological polar surface area (TPSA) is 93.1 Å². The minimum atomic E-state index is -4.52. The molecule has 0 aliphatic heterocycles. The third-order valence-electron chi connectivity index (χ3n) is 5.91. The van der Waals surface area contributed by atoms with Gasteiger partial charge in [0, 0.05) is 17.5 Å². The molecule has 0 bridgehead atoms. The van der Waals surface area contributed by atoms with Gasteiger partial charge in [0.1, 0.15) is 5.82 Å². The third kappa shape index (κ3) is 7.41. The van der Waals surface area contributed by atoms with Crippen LogP contribution in [0.4, 0.5) is 17.6 Å². The summed E-state index contributed by atoms with van der Waals surface area (Å²) in [6.07, 6.45) is -3.55. The first-order valence-corrected chi connectivity index (χ1v) is 13.6. The monoisotopic (exact) mass is 554 g/mol. The van der Waals surface area contributed by atoms with Crippen molar-refractivity contribution in [1.82, 2.24) is 19.8 Å². The molecule has 12 heteroatoms. The van der Waals surface area contributed by atoms with Crippen LogP contribution < -0.4 is 10.0 Å². The molecule has 3 rings (SSSR count). The molecule has 206 valence electrons. The lowest BCUT2D eigenvalue weighted by molar-refractivity contribution is -0.137. The van der Waals surface area contributed by atoms with Crippen molar-refractivity contribution in [2.45, 2.75) is 58.3 Å². The van der Waals surface area contributed by atoms with Crippen molar-refractivity contribution < 1.29 is 30.8 Å². The first kappa shape index (κ1) is 29.3. The van der Waals surface area contributed by atoms with Crippen molar-refractivity contribution in [2.75, 3.05) is 6.26 Å². The Bertz CT molecular complexity index is 1430. The fourth-order valence-electron chi connectivity index (χ4n) is 3.62. The Kier molecular flexibility index (Phi) is 8.37. The van der Waals surface area contributed by atoms with Gasteiger partial charge in [-0.2, -0.15) is 18.3 Å². The van der Waals surface area contributed by atoms with Crippen LogP contribution in [-0.4, -0.2) is 30.4 Å². The van der Waals surface area contributed by atoms with E-state index in [0.29, 0.717) is 17.0 Å². The van der Waals surface area contributed by atoms with Crippen molar-refractivity contribution in [3.63, 3.8) is 0 Å². The average molecular weight is 555 g/mol. The standard InChI is InChI=1S/C26H30F4N4O3S/c1-16(17-9-10-18(22(27)11-17)14-32-38(5,36)37)24(35)31-15-21-13-23(25(2,3)4)33-34(21)20-8-6-7-19(12-20)26(28,29)30/h6-13,16,32H,14-15H2,1-5H3,(H,31,35). The summed E-state index contributed by atoms with van der Waals surface area (Å²) in [5.74, 6) is -1.84. The number of benzene rings is 2. The van der Waals surface area contributed by atoms with E-state index < -0.39 is 44.8 Å². The van der Waals surface area contributed by atoms with Crippen LogP contribution in [0.5, 0.6) is 0 Å². The van der Waals surface area contributed by atoms with Crippen molar-refractivity contribution in [2.24, 2.45) is 0 Å². The highest BCUT2D eigenvalue weighted by Crippen LogP contribution is 2.31. The number of carbonyl (C=O) groups excluding carboxylic acids is 1. The molecule has 0 saturated carbocycles. The first-order chi connectivity index (χ1) is 17.5. The summed E-state index contributed by atoms with van der Waals surface area (Å²) in [6, 6.07) is 10.6. The van der Waals surface area contributed by atoms with Crippen LogP contribution in [0, 0.1) is 5.82 Å². The molecule has 0 aliphatic carbocycles. The van der Waals surface area contributed by atoms with Crippen LogP contribution >= 0.6 is 0 Å². The lowest BCUT2D eigenvalue weighted by Gasteiger charge is -2.15. The van der Waals surface area contributed by atoms with E-state index in [1.165, 1.54) is 35.0 Å². The van der Waals surface area contributed by atoms with Gasteiger partial charge in [-0.3, -0.25) is 4.79 Å². The van der Waals surface area contributed by atoms with E-state index in [-0.39, 0.29) is 24.3 Å². The number of sulfonamides is 1. The molecule has 0 aliphatic rings. The van der Waals surface area contributed by atoms with Crippen LogP contribution in [-0.2, 0) is 39.5 Å². The zero-order chi connectivity index (χ0) is 28.5. The zero-order valence-corrected chi connectivity index (χ0v) is 22.5. The lowest BCUT2D eigenvalue weighted by atomic mass is 9.92. The molecule has 1 atom stereocenters. The number of alkyl halides is 3. The van der Waals surface area contributed by atoms with Gasteiger partial charge in [-0.25, -0.2) is 22.2 Å². The first-order valence-electron chi connectivity index (χ1n) is 11.7. The maximum Gasteiger partial charge on any atom is 0.416 e. The minimum absolute atomic E-state index is 0.0264. The summed E-state index contributed by atoms with van der Waals surface area (Å²) in [4.78, 5) is 12.9. The quantitative estimate of drug-likeness (QED) is 0.392. The van der Waals surface area contributed by atoms with Gasteiger partial charge < -0.3 is 5.32 Å². The molecule has 0 fully saturated rings.